The van der Waals surface area contributed by atoms with Crippen molar-refractivity contribution in [1.29, 1.82) is 0 Å². The number of halogens is 3. The molecule has 0 aliphatic carbocycles. The van der Waals surface area contributed by atoms with Crippen molar-refractivity contribution in [3.63, 3.8) is 0 Å². The van der Waals surface area contributed by atoms with Crippen LogP contribution in [0.1, 0.15) is 12.5 Å². The molecule has 0 aromatic heterocycles. The second kappa shape index (κ2) is 6.42. The molecule has 1 unspecified atom stereocenters. The summed E-state index contributed by atoms with van der Waals surface area (Å²) in [5, 5.41) is 0. The van der Waals surface area contributed by atoms with Gasteiger partial charge in [0.15, 0.2) is 0 Å². The summed E-state index contributed by atoms with van der Waals surface area (Å²) in [5.41, 5.74) is 4.32. The zero-order valence-electron chi connectivity index (χ0n) is 10.2. The van der Waals surface area contributed by atoms with E-state index in [2.05, 4.69) is 0 Å². The van der Waals surface area contributed by atoms with Crippen LogP contribution in [-0.4, -0.2) is 25.2 Å². The normalized spacial score (nSPS) is 12.9. The Hall–Kier alpha value is -1.76. The van der Waals surface area contributed by atoms with Crippen LogP contribution >= 0.6 is 0 Å². The molecule has 0 radical (unpaired) electrons. The molecule has 0 heterocycles. The van der Waals surface area contributed by atoms with E-state index in [1.807, 2.05) is 0 Å². The average Bonchev–Trinajstić information content (AvgIpc) is 2.35. The molecule has 19 heavy (non-hydrogen) atoms. The third-order valence-corrected chi connectivity index (χ3v) is 2.17. The van der Waals surface area contributed by atoms with Crippen LogP contribution in [0.25, 0.3) is 0 Å². The summed E-state index contributed by atoms with van der Waals surface area (Å²) in [7, 11) is 0. The highest BCUT2D eigenvalue weighted by Crippen LogP contribution is 2.30. The Morgan fingerprint density at radius 1 is 1.32 bits per heavy atom. The quantitative estimate of drug-likeness (QED) is 0.836. The first-order chi connectivity index (χ1) is 8.82. The summed E-state index contributed by atoms with van der Waals surface area (Å²) >= 11 is 0. The lowest BCUT2D eigenvalue weighted by atomic mass is 10.2. The Morgan fingerprint density at radius 2 is 1.89 bits per heavy atom. The highest BCUT2D eigenvalue weighted by Gasteiger charge is 2.30. The molecule has 0 spiro atoms. The first kappa shape index (κ1) is 15.3. The number of ether oxygens (including phenoxy) is 2. The van der Waals surface area contributed by atoms with E-state index in [0.29, 0.717) is 0 Å². The topological polar surface area (TPSA) is 61.5 Å². The molecule has 0 saturated heterocycles. The van der Waals surface area contributed by atoms with E-state index in [0.717, 1.165) is 12.1 Å². The Balaban J connectivity index is 2.48. The van der Waals surface area contributed by atoms with Gasteiger partial charge in [0, 0.05) is 0 Å². The van der Waals surface area contributed by atoms with Gasteiger partial charge in [-0.05, 0) is 31.2 Å². The molecule has 0 bridgehead atoms. The molecule has 0 amide bonds. The number of nitrogens with two attached hydrogens (primary N) is 1. The van der Waals surface area contributed by atoms with Crippen LogP contribution < -0.4 is 10.5 Å². The van der Waals surface area contributed by atoms with Crippen molar-refractivity contribution in [3.8, 4) is 5.75 Å². The van der Waals surface area contributed by atoms with Crippen molar-refractivity contribution in [2.24, 2.45) is 5.73 Å². The van der Waals surface area contributed by atoms with Crippen LogP contribution in [0, 0.1) is 0 Å². The van der Waals surface area contributed by atoms with Gasteiger partial charge in [-0.1, -0.05) is 0 Å². The van der Waals surface area contributed by atoms with Crippen LogP contribution in [0.15, 0.2) is 24.3 Å². The summed E-state index contributed by atoms with van der Waals surface area (Å²) in [6.45, 7) is 1.40. The zero-order valence-corrected chi connectivity index (χ0v) is 10.2. The van der Waals surface area contributed by atoms with Gasteiger partial charge in [-0.25, -0.2) is 0 Å². The number of hydrogen-bond donors (Lipinski definition) is 1. The van der Waals surface area contributed by atoms with Crippen molar-refractivity contribution in [3.05, 3.63) is 29.8 Å². The monoisotopic (exact) mass is 277 g/mol. The van der Waals surface area contributed by atoms with Gasteiger partial charge in [-0.2, -0.15) is 13.2 Å². The average molecular weight is 277 g/mol. The minimum absolute atomic E-state index is 0.0388. The number of benzene rings is 1. The summed E-state index contributed by atoms with van der Waals surface area (Å²) in [6.07, 6.45) is -4.90. The Morgan fingerprint density at radius 3 is 2.37 bits per heavy atom. The molecule has 0 fully saturated rings. The van der Waals surface area contributed by atoms with Crippen LogP contribution in [0.5, 0.6) is 5.75 Å². The fraction of sp³-hybridized carbons (Fsp3) is 0.417. The number of carbonyl (C=O) groups excluding carboxylic acids is 1. The zero-order chi connectivity index (χ0) is 14.5. The predicted octanol–water partition coefficient (Wildman–Crippen LogP) is 1.97. The molecule has 2 N–H and O–H groups in total. The molecule has 1 aromatic carbocycles. The Labute approximate surface area is 108 Å². The first-order valence-corrected chi connectivity index (χ1v) is 5.52. The third kappa shape index (κ3) is 5.17. The SMILES string of the molecule is CC(COc1ccc(C(F)(F)F)cc1)OC(=O)CN. The van der Waals surface area contributed by atoms with E-state index in [-0.39, 0.29) is 18.9 Å². The largest absolute Gasteiger partial charge is 0.490 e. The van der Waals surface area contributed by atoms with Gasteiger partial charge in [-0.3, -0.25) is 4.79 Å². The van der Waals surface area contributed by atoms with Crippen molar-refractivity contribution in [2.75, 3.05) is 13.2 Å². The highest BCUT2D eigenvalue weighted by molar-refractivity contribution is 5.71. The molecule has 1 aromatic rings. The fourth-order valence-electron chi connectivity index (χ4n) is 1.26. The number of alkyl halides is 3. The van der Waals surface area contributed by atoms with E-state index in [4.69, 9.17) is 15.2 Å². The van der Waals surface area contributed by atoms with Gasteiger partial charge < -0.3 is 15.2 Å². The number of carbonyl (C=O) groups is 1. The lowest BCUT2D eigenvalue weighted by molar-refractivity contribution is -0.147. The molecule has 1 rings (SSSR count). The van der Waals surface area contributed by atoms with Crippen LogP contribution in [0.3, 0.4) is 0 Å². The van der Waals surface area contributed by atoms with Crippen LogP contribution in [0.4, 0.5) is 13.2 Å². The van der Waals surface area contributed by atoms with Gasteiger partial charge in [0.1, 0.15) is 18.5 Å². The predicted molar refractivity (Wildman–Crippen MR) is 61.5 cm³/mol. The van der Waals surface area contributed by atoms with Gasteiger partial charge in [0.25, 0.3) is 0 Å². The summed E-state index contributed by atoms with van der Waals surface area (Å²) in [4.78, 5) is 10.9. The van der Waals surface area contributed by atoms with Gasteiger partial charge in [0.2, 0.25) is 0 Å². The lowest BCUT2D eigenvalue weighted by Crippen LogP contribution is -2.26. The van der Waals surface area contributed by atoms with Crippen molar-refractivity contribution in [2.45, 2.75) is 19.2 Å². The van der Waals surface area contributed by atoms with Gasteiger partial charge in [0.05, 0.1) is 12.1 Å². The van der Waals surface area contributed by atoms with E-state index < -0.39 is 23.8 Å². The molecule has 106 valence electrons. The molecule has 1 atom stereocenters. The second-order valence-electron chi connectivity index (χ2n) is 3.84. The maximum Gasteiger partial charge on any atom is 0.416 e. The van der Waals surface area contributed by atoms with E-state index in [1.165, 1.54) is 12.1 Å². The van der Waals surface area contributed by atoms with Gasteiger partial charge in [-0.15, -0.1) is 0 Å². The number of rotatable bonds is 5. The summed E-state index contributed by atoms with van der Waals surface area (Å²) in [6, 6.07) is 4.26. The summed E-state index contributed by atoms with van der Waals surface area (Å²) < 4.78 is 46.9. The standard InChI is InChI=1S/C12H14F3NO3/c1-8(19-11(17)6-16)7-18-10-4-2-9(3-5-10)12(13,14)15/h2-5,8H,6-7,16H2,1H3. The minimum atomic E-state index is -4.37. The molecule has 7 heteroatoms. The number of esters is 1. The highest BCUT2D eigenvalue weighted by atomic mass is 19.4. The number of hydrogen-bond acceptors (Lipinski definition) is 4. The molecule has 4 nitrogen and oxygen atoms in total. The second-order valence-corrected chi connectivity index (χ2v) is 3.84. The van der Waals surface area contributed by atoms with E-state index in [9.17, 15) is 18.0 Å². The maximum absolute atomic E-state index is 12.3. The molecule has 0 saturated carbocycles. The van der Waals surface area contributed by atoms with Crippen LogP contribution in [0.2, 0.25) is 0 Å². The maximum atomic E-state index is 12.3. The fourth-order valence-corrected chi connectivity index (χ4v) is 1.26. The Bertz CT molecular complexity index is 417. The first-order valence-electron chi connectivity index (χ1n) is 5.52. The Kier molecular flexibility index (Phi) is 5.17. The smallest absolute Gasteiger partial charge is 0.416 e. The van der Waals surface area contributed by atoms with Crippen molar-refractivity contribution in [1.82, 2.24) is 0 Å². The molecule has 0 aliphatic heterocycles. The van der Waals surface area contributed by atoms with Crippen molar-refractivity contribution < 1.29 is 27.4 Å². The third-order valence-electron chi connectivity index (χ3n) is 2.17. The van der Waals surface area contributed by atoms with Gasteiger partial charge >= 0.3 is 12.1 Å². The molecular formula is C12H14F3NO3. The van der Waals surface area contributed by atoms with E-state index >= 15 is 0 Å². The minimum Gasteiger partial charge on any atom is -0.490 e. The summed E-state index contributed by atoms with van der Waals surface area (Å²) in [5.74, 6) is -0.299. The van der Waals surface area contributed by atoms with Crippen molar-refractivity contribution >= 4 is 5.97 Å². The molecule has 0 aliphatic rings. The molecular weight excluding hydrogens is 263 g/mol. The lowest BCUT2D eigenvalue weighted by Gasteiger charge is -2.14. The van der Waals surface area contributed by atoms with Crippen LogP contribution in [-0.2, 0) is 15.7 Å². The van der Waals surface area contributed by atoms with E-state index in [1.54, 1.807) is 6.92 Å².